The number of aryl methyl sites for hydroxylation is 3. The summed E-state index contributed by atoms with van der Waals surface area (Å²) in [5, 5.41) is 8.41. The van der Waals surface area contributed by atoms with Crippen LogP contribution in [0.3, 0.4) is 0 Å². The molecule has 4 heteroatoms. The zero-order valence-corrected chi connectivity index (χ0v) is 9.15. The maximum Gasteiger partial charge on any atom is 0.169 e. The number of aromatic nitrogens is 3. The van der Waals surface area contributed by atoms with Gasteiger partial charge < -0.3 is 5.73 Å². The summed E-state index contributed by atoms with van der Waals surface area (Å²) in [4.78, 5) is 1.58. The van der Waals surface area contributed by atoms with Crippen LogP contribution in [0, 0.1) is 20.8 Å². The molecule has 0 amide bonds. The first-order valence-corrected chi connectivity index (χ1v) is 4.85. The van der Waals surface area contributed by atoms with E-state index in [0.29, 0.717) is 5.82 Å². The Bertz CT molecular complexity index is 480. The van der Waals surface area contributed by atoms with Crippen molar-refractivity contribution in [3.8, 4) is 5.69 Å². The quantitative estimate of drug-likeness (QED) is 0.766. The number of benzene rings is 1. The highest BCUT2D eigenvalue weighted by Crippen LogP contribution is 2.15. The lowest BCUT2D eigenvalue weighted by atomic mass is 10.1. The highest BCUT2D eigenvalue weighted by atomic mass is 15.5. The fraction of sp³-hybridized carbons (Fsp3) is 0.273. The summed E-state index contributed by atoms with van der Waals surface area (Å²) in [6, 6.07) is 6.14. The Morgan fingerprint density at radius 3 is 2.40 bits per heavy atom. The Hall–Kier alpha value is -1.84. The zero-order valence-electron chi connectivity index (χ0n) is 9.15. The van der Waals surface area contributed by atoms with Gasteiger partial charge in [0.1, 0.15) is 5.69 Å². The molecule has 0 saturated heterocycles. The molecular formula is C11H14N4. The molecule has 0 unspecified atom stereocenters. The van der Waals surface area contributed by atoms with Crippen LogP contribution in [0.15, 0.2) is 18.2 Å². The number of hydrogen-bond acceptors (Lipinski definition) is 3. The second-order valence-corrected chi connectivity index (χ2v) is 3.75. The summed E-state index contributed by atoms with van der Waals surface area (Å²) < 4.78 is 0. The van der Waals surface area contributed by atoms with Gasteiger partial charge in [-0.1, -0.05) is 17.7 Å². The Kier molecular flexibility index (Phi) is 2.19. The molecule has 1 aromatic carbocycles. The minimum absolute atomic E-state index is 0.481. The van der Waals surface area contributed by atoms with Gasteiger partial charge in [0, 0.05) is 0 Å². The van der Waals surface area contributed by atoms with Gasteiger partial charge in [-0.15, -0.1) is 9.90 Å². The monoisotopic (exact) mass is 202 g/mol. The van der Waals surface area contributed by atoms with Crippen molar-refractivity contribution in [1.82, 2.24) is 15.0 Å². The van der Waals surface area contributed by atoms with Gasteiger partial charge in [-0.2, -0.15) is 5.10 Å². The molecule has 2 rings (SSSR count). The lowest BCUT2D eigenvalue weighted by molar-refractivity contribution is 0.742. The topological polar surface area (TPSA) is 56.7 Å². The number of hydrogen-bond donors (Lipinski definition) is 1. The SMILES string of the molecule is Cc1ccc(-n2nc(C)c(N)n2)c(C)c1. The predicted octanol–water partition coefficient (Wildman–Crippen LogP) is 1.77. The zero-order chi connectivity index (χ0) is 11.0. The lowest BCUT2D eigenvalue weighted by Gasteiger charge is -2.04. The average Bonchev–Trinajstić information content (AvgIpc) is 2.46. The Morgan fingerprint density at radius 1 is 1.13 bits per heavy atom. The van der Waals surface area contributed by atoms with E-state index in [1.807, 2.05) is 26.0 Å². The molecule has 0 aliphatic rings. The van der Waals surface area contributed by atoms with Crippen molar-refractivity contribution in [2.45, 2.75) is 20.8 Å². The maximum atomic E-state index is 5.66. The van der Waals surface area contributed by atoms with Crippen molar-refractivity contribution in [3.63, 3.8) is 0 Å². The van der Waals surface area contributed by atoms with E-state index in [9.17, 15) is 0 Å². The molecule has 0 bridgehead atoms. The van der Waals surface area contributed by atoms with Gasteiger partial charge in [0.15, 0.2) is 5.82 Å². The largest absolute Gasteiger partial charge is 0.381 e. The van der Waals surface area contributed by atoms with Gasteiger partial charge in [0.05, 0.1) is 5.69 Å². The normalized spacial score (nSPS) is 10.6. The summed E-state index contributed by atoms with van der Waals surface area (Å²) in [5.41, 5.74) is 9.77. The Balaban J connectivity index is 2.54. The number of nitrogens with two attached hydrogens (primary N) is 1. The lowest BCUT2D eigenvalue weighted by Crippen LogP contribution is -2.02. The molecule has 0 aliphatic carbocycles. The van der Waals surface area contributed by atoms with Crippen LogP contribution in [0.25, 0.3) is 5.69 Å². The van der Waals surface area contributed by atoms with E-state index in [1.165, 1.54) is 5.56 Å². The molecule has 0 aliphatic heterocycles. The molecule has 0 saturated carbocycles. The summed E-state index contributed by atoms with van der Waals surface area (Å²) in [5.74, 6) is 0.481. The van der Waals surface area contributed by atoms with Crippen molar-refractivity contribution < 1.29 is 0 Å². The van der Waals surface area contributed by atoms with Gasteiger partial charge in [0.2, 0.25) is 0 Å². The van der Waals surface area contributed by atoms with Gasteiger partial charge >= 0.3 is 0 Å². The highest BCUT2D eigenvalue weighted by Gasteiger charge is 2.06. The van der Waals surface area contributed by atoms with Crippen molar-refractivity contribution in [2.24, 2.45) is 0 Å². The molecule has 1 heterocycles. The molecule has 0 fully saturated rings. The summed E-state index contributed by atoms with van der Waals surface area (Å²) >= 11 is 0. The van der Waals surface area contributed by atoms with E-state index in [4.69, 9.17) is 5.73 Å². The Morgan fingerprint density at radius 2 is 1.87 bits per heavy atom. The second kappa shape index (κ2) is 3.38. The van der Waals surface area contributed by atoms with Crippen LogP contribution in [0.5, 0.6) is 0 Å². The summed E-state index contributed by atoms with van der Waals surface area (Å²) in [7, 11) is 0. The van der Waals surface area contributed by atoms with Gasteiger partial charge in [0.25, 0.3) is 0 Å². The van der Waals surface area contributed by atoms with E-state index in [2.05, 4.69) is 23.2 Å². The van der Waals surface area contributed by atoms with Gasteiger partial charge in [-0.25, -0.2) is 0 Å². The first-order valence-electron chi connectivity index (χ1n) is 4.85. The van der Waals surface area contributed by atoms with Crippen LogP contribution < -0.4 is 5.73 Å². The average molecular weight is 202 g/mol. The molecule has 4 nitrogen and oxygen atoms in total. The first kappa shape index (κ1) is 9.71. The van der Waals surface area contributed by atoms with E-state index in [1.54, 1.807) is 4.80 Å². The second-order valence-electron chi connectivity index (χ2n) is 3.75. The van der Waals surface area contributed by atoms with Crippen LogP contribution in [-0.2, 0) is 0 Å². The third kappa shape index (κ3) is 1.70. The minimum atomic E-state index is 0.481. The molecule has 0 radical (unpaired) electrons. The van der Waals surface area contributed by atoms with Crippen LogP contribution in [0.4, 0.5) is 5.82 Å². The number of anilines is 1. The van der Waals surface area contributed by atoms with Crippen LogP contribution >= 0.6 is 0 Å². The summed E-state index contributed by atoms with van der Waals surface area (Å²) in [6.07, 6.45) is 0. The smallest absolute Gasteiger partial charge is 0.169 e. The molecular weight excluding hydrogens is 188 g/mol. The first-order chi connectivity index (χ1) is 7.08. The van der Waals surface area contributed by atoms with E-state index in [0.717, 1.165) is 16.9 Å². The number of nitrogen functional groups attached to an aromatic ring is 1. The third-order valence-electron chi connectivity index (χ3n) is 2.39. The van der Waals surface area contributed by atoms with Crippen LogP contribution in [0.1, 0.15) is 16.8 Å². The summed E-state index contributed by atoms with van der Waals surface area (Å²) in [6.45, 7) is 5.95. The molecule has 0 atom stereocenters. The van der Waals surface area contributed by atoms with Crippen molar-refractivity contribution in [2.75, 3.05) is 5.73 Å². The number of rotatable bonds is 1. The fourth-order valence-corrected chi connectivity index (χ4v) is 1.53. The van der Waals surface area contributed by atoms with E-state index in [-0.39, 0.29) is 0 Å². The van der Waals surface area contributed by atoms with Crippen LogP contribution in [-0.4, -0.2) is 15.0 Å². The predicted molar refractivity (Wildman–Crippen MR) is 60.0 cm³/mol. The van der Waals surface area contributed by atoms with Crippen molar-refractivity contribution >= 4 is 5.82 Å². The molecule has 2 N–H and O–H groups in total. The molecule has 2 aromatic rings. The minimum Gasteiger partial charge on any atom is -0.381 e. The number of nitrogens with zero attached hydrogens (tertiary/aromatic N) is 3. The van der Waals surface area contributed by atoms with E-state index >= 15 is 0 Å². The van der Waals surface area contributed by atoms with Gasteiger partial charge in [-0.05, 0) is 32.4 Å². The molecule has 1 aromatic heterocycles. The van der Waals surface area contributed by atoms with Crippen LogP contribution in [0.2, 0.25) is 0 Å². The van der Waals surface area contributed by atoms with E-state index < -0.39 is 0 Å². The molecule has 78 valence electrons. The molecule has 15 heavy (non-hydrogen) atoms. The molecule has 0 spiro atoms. The highest BCUT2D eigenvalue weighted by molar-refractivity contribution is 5.42. The maximum absolute atomic E-state index is 5.66. The van der Waals surface area contributed by atoms with Gasteiger partial charge in [-0.3, -0.25) is 0 Å². The standard InChI is InChI=1S/C11H14N4/c1-7-4-5-10(8(2)6-7)15-13-9(3)11(12)14-15/h4-6H,1-3H3,(H2,12,14). The Labute approximate surface area is 88.7 Å². The third-order valence-corrected chi connectivity index (χ3v) is 2.39. The van der Waals surface area contributed by atoms with Crippen molar-refractivity contribution in [3.05, 3.63) is 35.0 Å². The fourth-order valence-electron chi connectivity index (χ4n) is 1.53. The van der Waals surface area contributed by atoms with Crippen molar-refractivity contribution in [1.29, 1.82) is 0 Å².